The van der Waals surface area contributed by atoms with Gasteiger partial charge in [0, 0.05) is 30.4 Å². The molecule has 1 N–H and O–H groups in total. The van der Waals surface area contributed by atoms with Gasteiger partial charge in [0.05, 0.1) is 26.2 Å². The van der Waals surface area contributed by atoms with E-state index in [9.17, 15) is 23.5 Å². The summed E-state index contributed by atoms with van der Waals surface area (Å²) in [5.74, 6) is -0.262. The number of benzene rings is 1. The minimum Gasteiger partial charge on any atom is -0.288 e. The number of carbonyl (C=O) groups is 1. The fraction of sp³-hybridized carbons (Fsp3) is 0.562. The summed E-state index contributed by atoms with van der Waals surface area (Å²) in [6.45, 7) is 8.37. The monoisotopic (exact) mass is 390 g/mol. The quantitative estimate of drug-likeness (QED) is 0.567. The smallest absolute Gasteiger partial charge is 0.269 e. The Hall–Kier alpha value is -1.32. The molecule has 0 aliphatic rings. The molecular formula is C16H23FN2O4S2. The van der Waals surface area contributed by atoms with E-state index in [1.807, 2.05) is 0 Å². The Morgan fingerprint density at radius 1 is 1.36 bits per heavy atom. The molecule has 1 rings (SSSR count). The lowest BCUT2D eigenvalue weighted by molar-refractivity contribution is -0.385. The number of nitro benzene ring substituents is 1. The molecule has 0 saturated heterocycles. The van der Waals surface area contributed by atoms with Crippen molar-refractivity contribution in [2.45, 2.75) is 51.3 Å². The molecule has 6 nitrogen and oxygen atoms in total. The normalized spacial score (nSPS) is 15.4. The molecule has 25 heavy (non-hydrogen) atoms. The first-order chi connectivity index (χ1) is 11.4. The Morgan fingerprint density at radius 3 is 2.44 bits per heavy atom. The lowest BCUT2D eigenvalue weighted by Crippen LogP contribution is -2.47. The van der Waals surface area contributed by atoms with Crippen LogP contribution in [0.15, 0.2) is 18.2 Å². The van der Waals surface area contributed by atoms with Gasteiger partial charge in [-0.3, -0.25) is 14.9 Å². The van der Waals surface area contributed by atoms with Gasteiger partial charge in [-0.2, -0.15) is 0 Å². The summed E-state index contributed by atoms with van der Waals surface area (Å²) in [6, 6.07) is 3.27. The Labute approximate surface area is 153 Å². The van der Waals surface area contributed by atoms with Crippen LogP contribution >= 0.6 is 11.8 Å². The van der Waals surface area contributed by atoms with Gasteiger partial charge in [0.15, 0.2) is 5.12 Å². The third-order valence-corrected chi connectivity index (χ3v) is 6.10. The lowest BCUT2D eigenvalue weighted by atomic mass is 9.89. The van der Waals surface area contributed by atoms with Crippen LogP contribution in [0.1, 0.15) is 46.6 Å². The summed E-state index contributed by atoms with van der Waals surface area (Å²) in [5.41, 5.74) is -1.31. The van der Waals surface area contributed by atoms with Crippen molar-refractivity contribution in [1.82, 2.24) is 4.72 Å². The summed E-state index contributed by atoms with van der Waals surface area (Å²) in [4.78, 5) is 21.6. The van der Waals surface area contributed by atoms with Gasteiger partial charge >= 0.3 is 0 Å². The number of nitrogens with zero attached hydrogens (tertiary/aromatic N) is 1. The summed E-state index contributed by atoms with van der Waals surface area (Å²) in [5, 5.41) is 10.9. The molecule has 0 bridgehead atoms. The Balaban J connectivity index is 3.30. The molecule has 0 aromatic heterocycles. The van der Waals surface area contributed by atoms with Crippen LogP contribution in [0, 0.1) is 15.9 Å². The predicted octanol–water partition coefficient (Wildman–Crippen LogP) is 3.67. The number of nitrogens with one attached hydrogen (secondary N) is 1. The highest BCUT2D eigenvalue weighted by Gasteiger charge is 2.35. The third kappa shape index (κ3) is 6.16. The predicted molar refractivity (Wildman–Crippen MR) is 99.2 cm³/mol. The fourth-order valence-corrected chi connectivity index (χ4v) is 3.77. The molecule has 140 valence electrons. The van der Waals surface area contributed by atoms with Gasteiger partial charge in [0.25, 0.3) is 5.69 Å². The van der Waals surface area contributed by atoms with Crippen molar-refractivity contribution in [3.8, 4) is 0 Å². The molecule has 1 aromatic rings. The summed E-state index contributed by atoms with van der Waals surface area (Å²) < 4.78 is 29.3. The van der Waals surface area contributed by atoms with E-state index in [4.69, 9.17) is 0 Å². The standard InChI is InChI=1S/C16H23FN2O4S2/c1-11(20)24-9-8-16(5,18-25(23)15(2,3)4)13-10-12(19(21)22)6-7-14(13)17/h6-7,10,18H,8-9H2,1-5H3/t16-,25+/m1/s1. The Kier molecular flexibility index (Phi) is 7.28. The molecule has 0 radical (unpaired) electrons. The maximum absolute atomic E-state index is 14.4. The number of rotatable bonds is 7. The number of hydrogen-bond acceptors (Lipinski definition) is 5. The molecular weight excluding hydrogens is 367 g/mol. The van der Waals surface area contributed by atoms with Crippen molar-refractivity contribution in [2.75, 3.05) is 5.75 Å². The van der Waals surface area contributed by atoms with Crippen molar-refractivity contribution in [1.29, 1.82) is 0 Å². The van der Waals surface area contributed by atoms with Gasteiger partial charge in [-0.05, 0) is 40.2 Å². The van der Waals surface area contributed by atoms with Gasteiger partial charge in [-0.1, -0.05) is 11.8 Å². The average Bonchev–Trinajstić information content (AvgIpc) is 2.45. The van der Waals surface area contributed by atoms with E-state index in [1.165, 1.54) is 6.92 Å². The second-order valence-corrected chi connectivity index (χ2v) is 10.1. The number of carbonyl (C=O) groups excluding carboxylic acids is 1. The molecule has 0 saturated carbocycles. The van der Waals surface area contributed by atoms with Gasteiger partial charge in [0.1, 0.15) is 5.82 Å². The highest BCUT2D eigenvalue weighted by molar-refractivity contribution is 8.13. The lowest BCUT2D eigenvalue weighted by Gasteiger charge is -2.34. The van der Waals surface area contributed by atoms with E-state index >= 15 is 0 Å². The Morgan fingerprint density at radius 2 is 1.96 bits per heavy atom. The maximum atomic E-state index is 14.4. The third-order valence-electron chi connectivity index (χ3n) is 3.54. The largest absolute Gasteiger partial charge is 0.288 e. The fourth-order valence-electron chi connectivity index (χ4n) is 2.05. The van der Waals surface area contributed by atoms with Crippen LogP contribution in [0.4, 0.5) is 10.1 Å². The van der Waals surface area contributed by atoms with Crippen LogP contribution in [0.2, 0.25) is 0 Å². The van der Waals surface area contributed by atoms with Crippen LogP contribution in [0.3, 0.4) is 0 Å². The molecule has 0 aliphatic carbocycles. The molecule has 0 fully saturated rings. The van der Waals surface area contributed by atoms with Crippen LogP contribution in [0.25, 0.3) is 0 Å². The first-order valence-corrected chi connectivity index (χ1v) is 9.78. The molecule has 0 aliphatic heterocycles. The van der Waals surface area contributed by atoms with Crippen LogP contribution < -0.4 is 4.72 Å². The highest BCUT2D eigenvalue weighted by Crippen LogP contribution is 2.33. The van der Waals surface area contributed by atoms with Crippen LogP contribution in [0.5, 0.6) is 0 Å². The van der Waals surface area contributed by atoms with E-state index in [0.29, 0.717) is 5.75 Å². The molecule has 0 heterocycles. The molecule has 9 heteroatoms. The minimum absolute atomic E-state index is 0.0588. The highest BCUT2D eigenvalue weighted by atomic mass is 32.2. The van der Waals surface area contributed by atoms with Crippen LogP contribution in [-0.4, -0.2) is 24.7 Å². The van der Waals surface area contributed by atoms with E-state index < -0.39 is 32.0 Å². The van der Waals surface area contributed by atoms with Gasteiger partial charge < -0.3 is 0 Å². The minimum atomic E-state index is -1.53. The molecule has 0 amide bonds. The van der Waals surface area contributed by atoms with Crippen molar-refractivity contribution >= 4 is 33.6 Å². The second-order valence-electron chi connectivity index (χ2n) is 6.83. The SMILES string of the molecule is CC(=O)SCC[C@@](C)(N[S@@](=O)C(C)(C)C)c1cc([N+](=O)[O-])ccc1F. The van der Waals surface area contributed by atoms with Crippen molar-refractivity contribution < 1.29 is 18.3 Å². The van der Waals surface area contributed by atoms with E-state index in [0.717, 1.165) is 30.0 Å². The second kappa shape index (κ2) is 8.37. The number of thioether (sulfide) groups is 1. The van der Waals surface area contributed by atoms with Gasteiger partial charge in [-0.25, -0.2) is 13.3 Å². The zero-order chi connectivity index (χ0) is 19.4. The number of hydrogen-bond donors (Lipinski definition) is 1. The molecule has 2 atom stereocenters. The van der Waals surface area contributed by atoms with Crippen molar-refractivity contribution in [2.24, 2.45) is 0 Å². The Bertz CT molecular complexity index is 691. The van der Waals surface area contributed by atoms with Crippen LogP contribution in [-0.2, 0) is 21.3 Å². The number of non-ortho nitro benzene ring substituents is 1. The molecule has 1 aromatic carbocycles. The topological polar surface area (TPSA) is 89.3 Å². The van der Waals surface area contributed by atoms with Crippen molar-refractivity contribution in [3.63, 3.8) is 0 Å². The number of halogens is 1. The van der Waals surface area contributed by atoms with E-state index in [2.05, 4.69) is 4.72 Å². The zero-order valence-corrected chi connectivity index (χ0v) is 16.6. The zero-order valence-electron chi connectivity index (χ0n) is 14.9. The first-order valence-electron chi connectivity index (χ1n) is 7.64. The average molecular weight is 391 g/mol. The summed E-state index contributed by atoms with van der Waals surface area (Å²) >= 11 is 1.07. The molecule has 0 unspecified atom stereocenters. The van der Waals surface area contributed by atoms with E-state index in [-0.39, 0.29) is 22.8 Å². The van der Waals surface area contributed by atoms with Gasteiger partial charge in [-0.15, -0.1) is 0 Å². The number of nitro groups is 1. The summed E-state index contributed by atoms with van der Waals surface area (Å²) in [7, 11) is -1.53. The summed E-state index contributed by atoms with van der Waals surface area (Å²) in [6.07, 6.45) is 0.275. The molecule has 0 spiro atoms. The van der Waals surface area contributed by atoms with E-state index in [1.54, 1.807) is 27.7 Å². The van der Waals surface area contributed by atoms with Gasteiger partial charge in [0.2, 0.25) is 0 Å². The maximum Gasteiger partial charge on any atom is 0.269 e. The van der Waals surface area contributed by atoms with Crippen molar-refractivity contribution in [3.05, 3.63) is 39.7 Å². The first kappa shape index (κ1) is 21.7.